The third-order valence-corrected chi connectivity index (χ3v) is 3.69. The van der Waals surface area contributed by atoms with Gasteiger partial charge in [0.2, 0.25) is 0 Å². The lowest BCUT2D eigenvalue weighted by atomic mass is 10.3. The molecule has 1 heterocycles. The topological polar surface area (TPSA) is 3.24 Å². The van der Waals surface area contributed by atoms with Gasteiger partial charge < -0.3 is 0 Å². The molecule has 0 saturated carbocycles. The molecule has 3 heteroatoms. The SMILES string of the molecule is CCN(CCCCBr)Cc1cccs1. The number of halogens is 1. The van der Waals surface area contributed by atoms with E-state index in [1.807, 2.05) is 11.3 Å². The average Bonchev–Trinajstić information content (AvgIpc) is 2.69. The quantitative estimate of drug-likeness (QED) is 0.541. The van der Waals surface area contributed by atoms with Gasteiger partial charge in [0.1, 0.15) is 0 Å². The first-order chi connectivity index (χ1) is 6.86. The molecule has 0 atom stereocenters. The molecule has 1 aromatic rings. The zero-order valence-corrected chi connectivity index (χ0v) is 11.1. The standard InChI is InChI=1S/C11H18BrNS/c1-2-13(8-4-3-7-12)10-11-6-5-9-14-11/h5-6,9H,2-4,7-8,10H2,1H3. The van der Waals surface area contributed by atoms with E-state index in [9.17, 15) is 0 Å². The summed E-state index contributed by atoms with van der Waals surface area (Å²) in [6, 6.07) is 4.35. The summed E-state index contributed by atoms with van der Waals surface area (Å²) in [5.41, 5.74) is 0. The molecular formula is C11H18BrNS. The van der Waals surface area contributed by atoms with Crippen molar-refractivity contribution >= 4 is 27.3 Å². The first kappa shape index (κ1) is 12.2. The maximum absolute atomic E-state index is 3.47. The minimum atomic E-state index is 1.12. The second-order valence-electron chi connectivity index (χ2n) is 3.34. The van der Waals surface area contributed by atoms with Crippen LogP contribution in [0.3, 0.4) is 0 Å². The Balaban J connectivity index is 2.24. The van der Waals surface area contributed by atoms with E-state index >= 15 is 0 Å². The highest BCUT2D eigenvalue weighted by atomic mass is 79.9. The van der Waals surface area contributed by atoms with Crippen LogP contribution < -0.4 is 0 Å². The van der Waals surface area contributed by atoms with Crippen LogP contribution in [-0.2, 0) is 6.54 Å². The molecule has 0 aromatic carbocycles. The second-order valence-corrected chi connectivity index (χ2v) is 5.17. The molecule has 14 heavy (non-hydrogen) atoms. The van der Waals surface area contributed by atoms with Crippen LogP contribution >= 0.6 is 27.3 Å². The molecule has 0 spiro atoms. The fourth-order valence-electron chi connectivity index (χ4n) is 1.40. The molecule has 0 fully saturated rings. The lowest BCUT2D eigenvalue weighted by molar-refractivity contribution is 0.278. The van der Waals surface area contributed by atoms with Crippen molar-refractivity contribution in [2.75, 3.05) is 18.4 Å². The van der Waals surface area contributed by atoms with Gasteiger partial charge in [0, 0.05) is 16.8 Å². The summed E-state index contributed by atoms with van der Waals surface area (Å²) in [7, 11) is 0. The summed E-state index contributed by atoms with van der Waals surface area (Å²) >= 11 is 5.32. The van der Waals surface area contributed by atoms with Crippen molar-refractivity contribution in [2.24, 2.45) is 0 Å². The smallest absolute Gasteiger partial charge is 0.0327 e. The lowest BCUT2D eigenvalue weighted by Crippen LogP contribution is -2.23. The molecule has 0 radical (unpaired) electrons. The van der Waals surface area contributed by atoms with E-state index in [0.29, 0.717) is 0 Å². The van der Waals surface area contributed by atoms with Crippen molar-refractivity contribution in [3.63, 3.8) is 0 Å². The number of thiophene rings is 1. The zero-order valence-electron chi connectivity index (χ0n) is 8.71. The molecule has 0 aliphatic rings. The number of unbranched alkanes of at least 4 members (excludes halogenated alkanes) is 1. The van der Waals surface area contributed by atoms with Crippen LogP contribution in [0.1, 0.15) is 24.6 Å². The monoisotopic (exact) mass is 275 g/mol. The van der Waals surface area contributed by atoms with Gasteiger partial charge in [-0.15, -0.1) is 11.3 Å². The van der Waals surface area contributed by atoms with Gasteiger partial charge in [-0.2, -0.15) is 0 Å². The van der Waals surface area contributed by atoms with Gasteiger partial charge in [-0.25, -0.2) is 0 Å². The Bertz CT molecular complexity index is 223. The number of nitrogens with zero attached hydrogens (tertiary/aromatic N) is 1. The van der Waals surface area contributed by atoms with Crippen LogP contribution in [0.4, 0.5) is 0 Å². The molecule has 0 saturated heterocycles. The van der Waals surface area contributed by atoms with Crippen LogP contribution in [0.25, 0.3) is 0 Å². The predicted molar refractivity (Wildman–Crippen MR) is 68.3 cm³/mol. The molecule has 0 bridgehead atoms. The molecule has 0 aliphatic carbocycles. The van der Waals surface area contributed by atoms with Crippen LogP contribution in [0.5, 0.6) is 0 Å². The summed E-state index contributed by atoms with van der Waals surface area (Å²) in [5, 5.41) is 3.28. The summed E-state index contributed by atoms with van der Waals surface area (Å²) in [5.74, 6) is 0. The van der Waals surface area contributed by atoms with Crippen LogP contribution in [0.2, 0.25) is 0 Å². The van der Waals surface area contributed by atoms with Gasteiger partial charge in [0.05, 0.1) is 0 Å². The Morgan fingerprint density at radius 1 is 1.43 bits per heavy atom. The van der Waals surface area contributed by atoms with Gasteiger partial charge >= 0.3 is 0 Å². The van der Waals surface area contributed by atoms with E-state index in [-0.39, 0.29) is 0 Å². The summed E-state index contributed by atoms with van der Waals surface area (Å²) in [6.45, 7) is 5.73. The largest absolute Gasteiger partial charge is 0.299 e. The number of hydrogen-bond donors (Lipinski definition) is 0. The van der Waals surface area contributed by atoms with Crippen LogP contribution in [-0.4, -0.2) is 23.3 Å². The van der Waals surface area contributed by atoms with Crippen molar-refractivity contribution in [1.29, 1.82) is 0 Å². The maximum atomic E-state index is 3.47. The van der Waals surface area contributed by atoms with E-state index in [4.69, 9.17) is 0 Å². The first-order valence-electron chi connectivity index (χ1n) is 5.17. The van der Waals surface area contributed by atoms with E-state index in [2.05, 4.69) is 45.3 Å². The minimum Gasteiger partial charge on any atom is -0.299 e. The van der Waals surface area contributed by atoms with Crippen molar-refractivity contribution in [3.05, 3.63) is 22.4 Å². The molecule has 1 aromatic heterocycles. The van der Waals surface area contributed by atoms with Crippen molar-refractivity contribution in [3.8, 4) is 0 Å². The summed E-state index contributed by atoms with van der Waals surface area (Å²) in [6.07, 6.45) is 2.57. The third-order valence-electron chi connectivity index (χ3n) is 2.26. The van der Waals surface area contributed by atoms with Gasteiger partial charge in [-0.05, 0) is 37.4 Å². The highest BCUT2D eigenvalue weighted by molar-refractivity contribution is 9.09. The van der Waals surface area contributed by atoms with Crippen LogP contribution in [0.15, 0.2) is 17.5 Å². The fraction of sp³-hybridized carbons (Fsp3) is 0.636. The molecule has 1 nitrogen and oxygen atoms in total. The molecule has 1 rings (SSSR count). The van der Waals surface area contributed by atoms with Gasteiger partial charge in [0.15, 0.2) is 0 Å². The Morgan fingerprint density at radius 2 is 2.29 bits per heavy atom. The highest BCUT2D eigenvalue weighted by Crippen LogP contribution is 2.12. The number of alkyl halides is 1. The Morgan fingerprint density at radius 3 is 2.86 bits per heavy atom. The van der Waals surface area contributed by atoms with Gasteiger partial charge in [0.25, 0.3) is 0 Å². The van der Waals surface area contributed by atoms with E-state index in [1.54, 1.807) is 0 Å². The van der Waals surface area contributed by atoms with Crippen molar-refractivity contribution < 1.29 is 0 Å². The highest BCUT2D eigenvalue weighted by Gasteiger charge is 2.03. The normalized spacial score (nSPS) is 11.1. The molecule has 0 aliphatic heterocycles. The average molecular weight is 276 g/mol. The molecular weight excluding hydrogens is 258 g/mol. The van der Waals surface area contributed by atoms with Crippen LogP contribution in [0, 0.1) is 0 Å². The van der Waals surface area contributed by atoms with Gasteiger partial charge in [-0.1, -0.05) is 28.9 Å². The van der Waals surface area contributed by atoms with Gasteiger partial charge in [-0.3, -0.25) is 4.90 Å². The maximum Gasteiger partial charge on any atom is 0.0327 e. The summed E-state index contributed by atoms with van der Waals surface area (Å²) in [4.78, 5) is 3.99. The first-order valence-corrected chi connectivity index (χ1v) is 7.17. The zero-order chi connectivity index (χ0) is 10.2. The molecule has 0 unspecified atom stereocenters. The lowest BCUT2D eigenvalue weighted by Gasteiger charge is -2.19. The van der Waals surface area contributed by atoms with E-state index in [0.717, 1.165) is 18.4 Å². The van der Waals surface area contributed by atoms with Crippen molar-refractivity contribution in [2.45, 2.75) is 26.3 Å². The predicted octanol–water partition coefficient (Wildman–Crippen LogP) is 3.75. The Labute approximate surface area is 99.3 Å². The minimum absolute atomic E-state index is 1.12. The third kappa shape index (κ3) is 4.58. The molecule has 80 valence electrons. The molecule has 0 N–H and O–H groups in total. The Hall–Kier alpha value is 0.140. The van der Waals surface area contributed by atoms with Crippen molar-refractivity contribution in [1.82, 2.24) is 4.90 Å². The number of rotatable bonds is 7. The fourth-order valence-corrected chi connectivity index (χ4v) is 2.54. The summed E-state index contributed by atoms with van der Waals surface area (Å²) < 4.78 is 0. The van der Waals surface area contributed by atoms with E-state index in [1.165, 1.54) is 24.3 Å². The molecule has 0 amide bonds. The second kappa shape index (κ2) is 7.43. The van der Waals surface area contributed by atoms with E-state index < -0.39 is 0 Å². The number of hydrogen-bond acceptors (Lipinski definition) is 2. The Kier molecular flexibility index (Phi) is 6.48.